The summed E-state index contributed by atoms with van der Waals surface area (Å²) in [6.45, 7) is 0. The van der Waals surface area contributed by atoms with Crippen LogP contribution in [0.5, 0.6) is 5.75 Å². The molecule has 1 aromatic rings. The van der Waals surface area contributed by atoms with Gasteiger partial charge in [0, 0.05) is 6.20 Å². The highest BCUT2D eigenvalue weighted by Crippen LogP contribution is 2.37. The van der Waals surface area contributed by atoms with Crippen molar-refractivity contribution in [2.75, 3.05) is 7.11 Å². The standard InChI is InChI=1S/C9H7F2N3O3/c1-17-8-6(9(10)11)13-4-5(2-3-12)7(8)14(15)16/h4,9H,2H2,1H3. The zero-order valence-electron chi connectivity index (χ0n) is 8.68. The Morgan fingerprint density at radius 3 is 2.76 bits per heavy atom. The molecule has 0 fully saturated rings. The Balaban J connectivity index is 3.50. The van der Waals surface area contributed by atoms with Crippen molar-refractivity contribution in [3.05, 3.63) is 27.6 Å². The fourth-order valence-corrected chi connectivity index (χ4v) is 1.31. The van der Waals surface area contributed by atoms with Crippen LogP contribution in [0.3, 0.4) is 0 Å². The molecule has 0 aromatic carbocycles. The van der Waals surface area contributed by atoms with E-state index in [9.17, 15) is 18.9 Å². The molecule has 6 nitrogen and oxygen atoms in total. The van der Waals surface area contributed by atoms with E-state index in [1.807, 2.05) is 0 Å². The third-order valence-electron chi connectivity index (χ3n) is 1.97. The highest BCUT2D eigenvalue weighted by atomic mass is 19.3. The minimum absolute atomic E-state index is 0.0567. The van der Waals surface area contributed by atoms with Gasteiger partial charge in [-0.25, -0.2) is 8.78 Å². The first kappa shape index (κ1) is 12.8. The van der Waals surface area contributed by atoms with Crippen LogP contribution in [0.4, 0.5) is 14.5 Å². The van der Waals surface area contributed by atoms with Gasteiger partial charge in [-0.3, -0.25) is 15.1 Å². The summed E-state index contributed by atoms with van der Waals surface area (Å²) in [7, 11) is 1.03. The van der Waals surface area contributed by atoms with Crippen molar-refractivity contribution >= 4 is 5.69 Å². The van der Waals surface area contributed by atoms with Gasteiger partial charge in [0.15, 0.2) is 5.69 Å². The van der Waals surface area contributed by atoms with Crippen LogP contribution in [-0.2, 0) is 6.42 Å². The molecule has 90 valence electrons. The van der Waals surface area contributed by atoms with Crippen molar-refractivity contribution < 1.29 is 18.4 Å². The van der Waals surface area contributed by atoms with Crippen molar-refractivity contribution in [2.24, 2.45) is 0 Å². The number of rotatable bonds is 4. The lowest BCUT2D eigenvalue weighted by Crippen LogP contribution is -2.04. The van der Waals surface area contributed by atoms with E-state index < -0.39 is 28.5 Å². The number of aromatic nitrogens is 1. The van der Waals surface area contributed by atoms with E-state index in [-0.39, 0.29) is 12.0 Å². The summed E-state index contributed by atoms with van der Waals surface area (Å²) in [6.07, 6.45) is -2.39. The molecule has 0 aliphatic heterocycles. The van der Waals surface area contributed by atoms with Gasteiger partial charge in [-0.05, 0) is 0 Å². The molecule has 0 amide bonds. The van der Waals surface area contributed by atoms with Crippen LogP contribution in [-0.4, -0.2) is 17.0 Å². The van der Waals surface area contributed by atoms with E-state index in [0.29, 0.717) is 0 Å². The zero-order chi connectivity index (χ0) is 13.0. The Hall–Kier alpha value is -2.30. The first-order valence-corrected chi connectivity index (χ1v) is 4.38. The predicted octanol–water partition coefficient (Wildman–Crippen LogP) is 2.00. The third kappa shape index (κ3) is 2.44. The molecule has 0 radical (unpaired) electrons. The van der Waals surface area contributed by atoms with Crippen LogP contribution in [0.2, 0.25) is 0 Å². The number of pyridine rings is 1. The Morgan fingerprint density at radius 2 is 2.35 bits per heavy atom. The number of ether oxygens (including phenoxy) is 1. The van der Waals surface area contributed by atoms with Crippen molar-refractivity contribution in [3.63, 3.8) is 0 Å². The summed E-state index contributed by atoms with van der Waals surface area (Å²) in [5.41, 5.74) is -1.50. The van der Waals surface area contributed by atoms with Crippen LogP contribution in [0.1, 0.15) is 17.7 Å². The number of nitriles is 1. The van der Waals surface area contributed by atoms with E-state index in [1.165, 1.54) is 0 Å². The normalized spacial score (nSPS) is 10.1. The molecule has 0 N–H and O–H groups in total. The van der Waals surface area contributed by atoms with Crippen LogP contribution in [0, 0.1) is 21.4 Å². The van der Waals surface area contributed by atoms with E-state index in [1.54, 1.807) is 6.07 Å². The Labute approximate surface area is 94.6 Å². The first-order valence-electron chi connectivity index (χ1n) is 4.38. The monoisotopic (exact) mass is 243 g/mol. The summed E-state index contributed by atoms with van der Waals surface area (Å²) in [5, 5.41) is 19.3. The Bertz CT molecular complexity index is 485. The second kappa shape index (κ2) is 5.16. The van der Waals surface area contributed by atoms with Gasteiger partial charge in [0.2, 0.25) is 5.75 Å². The quantitative estimate of drug-likeness (QED) is 0.596. The van der Waals surface area contributed by atoms with E-state index in [0.717, 1.165) is 13.3 Å². The maximum Gasteiger partial charge on any atom is 0.318 e. The maximum atomic E-state index is 12.5. The topological polar surface area (TPSA) is 89.0 Å². The summed E-state index contributed by atoms with van der Waals surface area (Å²) in [4.78, 5) is 13.3. The van der Waals surface area contributed by atoms with E-state index >= 15 is 0 Å². The third-order valence-corrected chi connectivity index (χ3v) is 1.97. The van der Waals surface area contributed by atoms with E-state index in [2.05, 4.69) is 9.72 Å². The fourth-order valence-electron chi connectivity index (χ4n) is 1.31. The average molecular weight is 243 g/mol. The molecular formula is C9H7F2N3O3. The highest BCUT2D eigenvalue weighted by Gasteiger charge is 2.29. The van der Waals surface area contributed by atoms with Crippen LogP contribution < -0.4 is 4.74 Å². The van der Waals surface area contributed by atoms with Gasteiger partial charge in [0.05, 0.1) is 30.1 Å². The Kier molecular flexibility index (Phi) is 3.87. The Morgan fingerprint density at radius 1 is 1.71 bits per heavy atom. The van der Waals surface area contributed by atoms with Gasteiger partial charge in [0.1, 0.15) is 0 Å². The van der Waals surface area contributed by atoms with Crippen molar-refractivity contribution in [1.29, 1.82) is 5.26 Å². The second-order valence-electron chi connectivity index (χ2n) is 2.94. The molecule has 1 aromatic heterocycles. The predicted molar refractivity (Wildman–Crippen MR) is 51.7 cm³/mol. The SMILES string of the molecule is COc1c(C(F)F)ncc(CC#N)c1[N+](=O)[O-]. The van der Waals surface area contributed by atoms with Crippen LogP contribution >= 0.6 is 0 Å². The van der Waals surface area contributed by atoms with Gasteiger partial charge in [-0.2, -0.15) is 5.26 Å². The molecule has 0 aliphatic carbocycles. The smallest absolute Gasteiger partial charge is 0.318 e. The van der Waals surface area contributed by atoms with Gasteiger partial charge in [-0.15, -0.1) is 0 Å². The van der Waals surface area contributed by atoms with Crippen molar-refractivity contribution in [3.8, 4) is 11.8 Å². The molecule has 0 aliphatic rings. The summed E-state index contributed by atoms with van der Waals surface area (Å²) < 4.78 is 29.7. The first-order chi connectivity index (χ1) is 8.02. The van der Waals surface area contributed by atoms with Crippen molar-refractivity contribution in [1.82, 2.24) is 4.98 Å². The number of nitrogens with zero attached hydrogens (tertiary/aromatic N) is 3. The summed E-state index contributed by atoms with van der Waals surface area (Å²) in [6, 6.07) is 1.69. The summed E-state index contributed by atoms with van der Waals surface area (Å²) >= 11 is 0. The van der Waals surface area contributed by atoms with Gasteiger partial charge in [0.25, 0.3) is 6.43 Å². The van der Waals surface area contributed by atoms with Crippen LogP contribution in [0.15, 0.2) is 6.20 Å². The minimum atomic E-state index is -2.99. The molecule has 17 heavy (non-hydrogen) atoms. The van der Waals surface area contributed by atoms with E-state index in [4.69, 9.17) is 5.26 Å². The fraction of sp³-hybridized carbons (Fsp3) is 0.333. The number of halogens is 2. The number of nitro groups is 1. The second-order valence-corrected chi connectivity index (χ2v) is 2.94. The van der Waals surface area contributed by atoms with Crippen LogP contribution in [0.25, 0.3) is 0 Å². The molecule has 1 heterocycles. The lowest BCUT2D eigenvalue weighted by molar-refractivity contribution is -0.386. The molecular weight excluding hydrogens is 236 g/mol. The number of hydrogen-bond donors (Lipinski definition) is 0. The van der Waals surface area contributed by atoms with Crippen molar-refractivity contribution in [2.45, 2.75) is 12.8 Å². The van der Waals surface area contributed by atoms with Gasteiger partial charge >= 0.3 is 5.69 Å². The number of hydrogen-bond acceptors (Lipinski definition) is 5. The molecule has 0 unspecified atom stereocenters. The molecule has 0 atom stereocenters. The number of alkyl halides is 2. The average Bonchev–Trinajstić information content (AvgIpc) is 2.27. The lowest BCUT2D eigenvalue weighted by Gasteiger charge is -2.09. The minimum Gasteiger partial charge on any atom is -0.489 e. The molecule has 0 spiro atoms. The van der Waals surface area contributed by atoms with Gasteiger partial charge in [-0.1, -0.05) is 0 Å². The lowest BCUT2D eigenvalue weighted by atomic mass is 10.1. The molecule has 0 saturated heterocycles. The molecule has 8 heteroatoms. The zero-order valence-corrected chi connectivity index (χ0v) is 8.68. The van der Waals surface area contributed by atoms with Gasteiger partial charge < -0.3 is 4.74 Å². The molecule has 0 bridgehead atoms. The summed E-state index contributed by atoms with van der Waals surface area (Å²) in [5.74, 6) is -0.599. The largest absolute Gasteiger partial charge is 0.489 e. The maximum absolute atomic E-state index is 12.5. The molecule has 0 saturated carbocycles. The highest BCUT2D eigenvalue weighted by molar-refractivity contribution is 5.55. The molecule has 1 rings (SSSR count). The number of methoxy groups -OCH3 is 1.